The van der Waals surface area contributed by atoms with Crippen LogP contribution in [-0.2, 0) is 16.1 Å². The van der Waals surface area contributed by atoms with Gasteiger partial charge in [0.05, 0.1) is 17.9 Å². The smallest absolute Gasteiger partial charge is 0.295 e. The third kappa shape index (κ3) is 4.72. The molecule has 7 heteroatoms. The molecule has 0 spiro atoms. The van der Waals surface area contributed by atoms with Gasteiger partial charge in [-0.05, 0) is 36.2 Å². The number of ketones is 1. The molecule has 1 atom stereocenters. The first-order valence-electron chi connectivity index (χ1n) is 10.7. The topological polar surface area (TPSA) is 84.7 Å². The molecule has 0 bridgehead atoms. The van der Waals surface area contributed by atoms with Crippen LogP contribution in [0.15, 0.2) is 91.5 Å². The van der Waals surface area contributed by atoms with E-state index in [4.69, 9.17) is 4.74 Å². The molecule has 7 nitrogen and oxygen atoms in total. The van der Waals surface area contributed by atoms with Crippen molar-refractivity contribution >= 4 is 17.4 Å². The number of likely N-dealkylation sites (tertiary alicyclic amines) is 1. The summed E-state index contributed by atoms with van der Waals surface area (Å²) < 4.78 is 7.41. The number of aliphatic hydroxyl groups is 1. The number of carbonyl (C=O) groups excluding carboxylic acids is 2. The molecule has 2 aromatic carbocycles. The van der Waals surface area contributed by atoms with E-state index in [2.05, 4.69) is 11.6 Å². The third-order valence-corrected chi connectivity index (χ3v) is 5.53. The molecule has 1 fully saturated rings. The van der Waals surface area contributed by atoms with Gasteiger partial charge in [0.25, 0.3) is 11.7 Å². The average molecular weight is 444 g/mol. The van der Waals surface area contributed by atoms with Gasteiger partial charge in [0.2, 0.25) is 0 Å². The van der Waals surface area contributed by atoms with E-state index >= 15 is 0 Å². The maximum atomic E-state index is 13.1. The highest BCUT2D eigenvalue weighted by molar-refractivity contribution is 6.46. The molecule has 1 N–H and O–H groups in total. The number of nitrogens with zero attached hydrogens (tertiary/aromatic N) is 3. The van der Waals surface area contributed by atoms with Gasteiger partial charge in [0, 0.05) is 31.0 Å². The minimum absolute atomic E-state index is 0.0913. The summed E-state index contributed by atoms with van der Waals surface area (Å²) in [7, 11) is 0. The molecule has 1 aliphatic heterocycles. The molecule has 4 rings (SSSR count). The maximum Gasteiger partial charge on any atom is 0.295 e. The third-order valence-electron chi connectivity index (χ3n) is 5.53. The van der Waals surface area contributed by atoms with Crippen LogP contribution in [-0.4, -0.2) is 44.4 Å². The molecule has 0 unspecified atom stereocenters. The van der Waals surface area contributed by atoms with Gasteiger partial charge >= 0.3 is 0 Å². The first-order valence-corrected chi connectivity index (χ1v) is 10.7. The van der Waals surface area contributed by atoms with E-state index in [1.807, 2.05) is 41.1 Å². The molecule has 3 aromatic rings. The first-order chi connectivity index (χ1) is 16.1. The summed E-state index contributed by atoms with van der Waals surface area (Å²) in [5, 5.41) is 11.1. The predicted molar refractivity (Wildman–Crippen MR) is 124 cm³/mol. The highest BCUT2D eigenvalue weighted by Crippen LogP contribution is 2.39. The lowest BCUT2D eigenvalue weighted by molar-refractivity contribution is -0.139. The number of imidazole rings is 1. The Morgan fingerprint density at radius 3 is 2.52 bits per heavy atom. The molecule has 168 valence electrons. The predicted octanol–water partition coefficient (Wildman–Crippen LogP) is 3.96. The van der Waals surface area contributed by atoms with Gasteiger partial charge in [-0.1, -0.05) is 43.0 Å². The van der Waals surface area contributed by atoms with Crippen LogP contribution in [0.4, 0.5) is 0 Å². The van der Waals surface area contributed by atoms with Crippen LogP contribution in [0.3, 0.4) is 0 Å². The molecule has 1 amide bonds. The van der Waals surface area contributed by atoms with Gasteiger partial charge in [-0.15, -0.1) is 0 Å². The molecular weight excluding hydrogens is 418 g/mol. The van der Waals surface area contributed by atoms with Crippen LogP contribution in [0, 0.1) is 0 Å². The normalized spacial score (nSPS) is 17.3. The highest BCUT2D eigenvalue weighted by atomic mass is 16.5. The fourth-order valence-corrected chi connectivity index (χ4v) is 3.95. The lowest BCUT2D eigenvalue weighted by Crippen LogP contribution is -2.31. The molecule has 0 aliphatic carbocycles. The maximum absolute atomic E-state index is 13.1. The summed E-state index contributed by atoms with van der Waals surface area (Å²) >= 11 is 0. The Labute approximate surface area is 192 Å². The number of ether oxygens (including phenoxy) is 1. The van der Waals surface area contributed by atoms with Gasteiger partial charge in [0.1, 0.15) is 18.1 Å². The van der Waals surface area contributed by atoms with Gasteiger partial charge in [0.15, 0.2) is 0 Å². The number of rotatable bonds is 9. The molecule has 0 radical (unpaired) electrons. The fourth-order valence-electron chi connectivity index (χ4n) is 3.95. The molecule has 1 aromatic heterocycles. The fraction of sp³-hybridized carbons (Fsp3) is 0.192. The van der Waals surface area contributed by atoms with Gasteiger partial charge in [-0.2, -0.15) is 0 Å². The van der Waals surface area contributed by atoms with Crippen molar-refractivity contribution in [3.05, 3.63) is 103 Å². The number of aromatic nitrogens is 2. The number of carbonyl (C=O) groups is 2. The monoisotopic (exact) mass is 443 g/mol. The number of hydrogen-bond acceptors (Lipinski definition) is 5. The number of Topliss-reactive ketones (excluding diaryl/α,β-unsaturated/α-hetero) is 1. The van der Waals surface area contributed by atoms with E-state index in [1.165, 1.54) is 0 Å². The molecule has 1 saturated heterocycles. The Balaban J connectivity index is 1.66. The van der Waals surface area contributed by atoms with Crippen molar-refractivity contribution in [1.82, 2.24) is 14.5 Å². The SMILES string of the molecule is C=CCOc1ccc(/C(O)=C2\C(=O)C(=O)N(CCCn3ccnc3)[C@@H]2c2ccccc2)cc1. The quantitative estimate of drug-likeness (QED) is 0.234. The second-order valence-corrected chi connectivity index (χ2v) is 7.68. The molecule has 2 heterocycles. The van der Waals surface area contributed by atoms with E-state index in [9.17, 15) is 14.7 Å². The van der Waals surface area contributed by atoms with Crippen molar-refractivity contribution < 1.29 is 19.4 Å². The van der Waals surface area contributed by atoms with Gasteiger partial charge in [-0.25, -0.2) is 4.98 Å². The summed E-state index contributed by atoms with van der Waals surface area (Å²) in [4.78, 5) is 31.6. The van der Waals surface area contributed by atoms with E-state index in [0.29, 0.717) is 37.4 Å². The molecule has 0 saturated carbocycles. The number of benzene rings is 2. The summed E-state index contributed by atoms with van der Waals surface area (Å²) in [6, 6.07) is 15.4. The average Bonchev–Trinajstić information content (AvgIpc) is 3.45. The van der Waals surface area contributed by atoms with Crippen LogP contribution in [0.2, 0.25) is 0 Å². The van der Waals surface area contributed by atoms with Gasteiger partial charge < -0.3 is 19.3 Å². The lowest BCUT2D eigenvalue weighted by atomic mass is 9.95. The summed E-state index contributed by atoms with van der Waals surface area (Å²) in [6.45, 7) is 5.01. The standard InChI is InChI=1S/C26H25N3O4/c1-2-17-33-21-11-9-20(10-12-21)24(30)22-23(19-7-4-3-5-8-19)29(26(32)25(22)31)15-6-14-28-16-13-27-18-28/h2-5,7-13,16,18,23,30H,1,6,14-15,17H2/b24-22+/t23-/m1/s1. The van der Waals surface area contributed by atoms with Crippen molar-refractivity contribution in [3.63, 3.8) is 0 Å². The van der Waals surface area contributed by atoms with Gasteiger partial charge in [-0.3, -0.25) is 9.59 Å². The van der Waals surface area contributed by atoms with Crippen molar-refractivity contribution in [1.29, 1.82) is 0 Å². The van der Waals surface area contributed by atoms with E-state index in [-0.39, 0.29) is 11.3 Å². The minimum atomic E-state index is -0.684. The summed E-state index contributed by atoms with van der Waals surface area (Å²) in [5.74, 6) is -0.876. The number of aryl methyl sites for hydroxylation is 1. The van der Waals surface area contributed by atoms with Crippen LogP contribution in [0.1, 0.15) is 23.6 Å². The van der Waals surface area contributed by atoms with E-state index in [1.54, 1.807) is 47.8 Å². The number of aliphatic hydroxyl groups excluding tert-OH is 1. The van der Waals surface area contributed by atoms with E-state index < -0.39 is 17.7 Å². The molecular formula is C26H25N3O4. The highest BCUT2D eigenvalue weighted by Gasteiger charge is 2.45. The summed E-state index contributed by atoms with van der Waals surface area (Å²) in [5.41, 5.74) is 1.30. The molecule has 1 aliphatic rings. The first kappa shape index (κ1) is 22.1. The van der Waals surface area contributed by atoms with Crippen molar-refractivity contribution in [3.8, 4) is 5.75 Å². The zero-order chi connectivity index (χ0) is 23.2. The molecule has 33 heavy (non-hydrogen) atoms. The van der Waals surface area contributed by atoms with Crippen molar-refractivity contribution in [2.24, 2.45) is 0 Å². The Morgan fingerprint density at radius 1 is 1.09 bits per heavy atom. The lowest BCUT2D eigenvalue weighted by Gasteiger charge is -2.25. The number of hydrogen-bond donors (Lipinski definition) is 1. The summed E-state index contributed by atoms with van der Waals surface area (Å²) in [6.07, 6.45) is 7.55. The second-order valence-electron chi connectivity index (χ2n) is 7.68. The zero-order valence-corrected chi connectivity index (χ0v) is 18.1. The Bertz CT molecular complexity index is 1150. The van der Waals surface area contributed by atoms with Crippen molar-refractivity contribution in [2.75, 3.05) is 13.2 Å². The number of amides is 1. The van der Waals surface area contributed by atoms with Crippen LogP contribution in [0.25, 0.3) is 5.76 Å². The minimum Gasteiger partial charge on any atom is -0.507 e. The second kappa shape index (κ2) is 9.99. The van der Waals surface area contributed by atoms with Crippen LogP contribution in [0.5, 0.6) is 5.75 Å². The Morgan fingerprint density at radius 2 is 1.85 bits per heavy atom. The van der Waals surface area contributed by atoms with E-state index in [0.717, 1.165) is 5.56 Å². The Kier molecular flexibility index (Phi) is 6.69. The Hall–Kier alpha value is -4.13. The van der Waals surface area contributed by atoms with Crippen molar-refractivity contribution in [2.45, 2.75) is 19.0 Å². The van der Waals surface area contributed by atoms with Crippen LogP contribution >= 0.6 is 0 Å². The zero-order valence-electron chi connectivity index (χ0n) is 18.1. The van der Waals surface area contributed by atoms with Crippen LogP contribution < -0.4 is 4.74 Å². The largest absolute Gasteiger partial charge is 0.507 e.